The Morgan fingerprint density at radius 1 is 1.12 bits per heavy atom. The maximum absolute atomic E-state index is 12.9. The second-order valence-electron chi connectivity index (χ2n) is 5.85. The molecule has 0 spiro atoms. The first-order valence-electron chi connectivity index (χ1n) is 7.93. The van der Waals surface area contributed by atoms with E-state index in [0.29, 0.717) is 11.6 Å². The number of hydrogen-bond acceptors (Lipinski definition) is 4. The molecule has 128 valence electrons. The Labute approximate surface area is 149 Å². The van der Waals surface area contributed by atoms with Gasteiger partial charge >= 0.3 is 5.97 Å². The van der Waals surface area contributed by atoms with Crippen LogP contribution in [0.15, 0.2) is 54.6 Å². The van der Waals surface area contributed by atoms with Gasteiger partial charge in [-0.15, -0.1) is 0 Å². The van der Waals surface area contributed by atoms with E-state index in [1.807, 2.05) is 54.6 Å². The monoisotopic (exact) mass is 354 g/mol. The molecule has 0 saturated carbocycles. The number of carbonyl (C=O) groups excluding carboxylic acids is 1. The first-order chi connectivity index (χ1) is 12.0. The average molecular weight is 354 g/mol. The molecule has 0 radical (unpaired) electrons. The first-order valence-corrected chi connectivity index (χ1v) is 8.75. The van der Waals surface area contributed by atoms with E-state index in [2.05, 4.69) is 4.98 Å². The summed E-state index contributed by atoms with van der Waals surface area (Å²) < 4.78 is 0.995. The molecule has 0 aliphatic carbocycles. The maximum Gasteiger partial charge on any atom is 0.304 e. The lowest BCUT2D eigenvalue weighted by atomic mass is 9.95. The number of thiazole rings is 1. The predicted molar refractivity (Wildman–Crippen MR) is 98.9 cm³/mol. The molecule has 3 rings (SSSR count). The van der Waals surface area contributed by atoms with Gasteiger partial charge in [-0.2, -0.15) is 0 Å². The molecule has 1 aromatic heterocycles. The van der Waals surface area contributed by atoms with Crippen molar-refractivity contribution in [1.29, 1.82) is 0 Å². The minimum atomic E-state index is -0.980. The minimum absolute atomic E-state index is 0.205. The zero-order chi connectivity index (χ0) is 17.8. The fraction of sp³-hybridized carbons (Fsp3) is 0.211. The van der Waals surface area contributed by atoms with E-state index in [1.54, 1.807) is 7.05 Å². The number of anilines is 1. The highest BCUT2D eigenvalue weighted by molar-refractivity contribution is 7.22. The number of rotatable bonds is 6. The number of hydrogen-bond donors (Lipinski definition) is 1. The molecular formula is C19H18N2O3S. The van der Waals surface area contributed by atoms with Crippen molar-refractivity contribution in [2.24, 2.45) is 5.92 Å². The highest BCUT2D eigenvalue weighted by atomic mass is 32.1. The largest absolute Gasteiger partial charge is 0.481 e. The van der Waals surface area contributed by atoms with Gasteiger partial charge in [0.25, 0.3) is 0 Å². The lowest BCUT2D eigenvalue weighted by Gasteiger charge is -2.21. The number of benzene rings is 2. The van der Waals surface area contributed by atoms with E-state index in [4.69, 9.17) is 0 Å². The van der Waals surface area contributed by atoms with E-state index >= 15 is 0 Å². The van der Waals surface area contributed by atoms with E-state index in [9.17, 15) is 14.7 Å². The molecule has 3 aromatic rings. The number of carbonyl (C=O) groups is 2. The molecule has 1 N–H and O–H groups in total. The molecule has 0 bridgehead atoms. The number of para-hydroxylation sites is 1. The molecule has 1 heterocycles. The average Bonchev–Trinajstić information content (AvgIpc) is 3.04. The van der Waals surface area contributed by atoms with Gasteiger partial charge in [-0.1, -0.05) is 53.8 Å². The summed E-state index contributed by atoms with van der Waals surface area (Å²) in [5.41, 5.74) is 1.78. The van der Waals surface area contributed by atoms with Crippen LogP contribution in [0.1, 0.15) is 12.0 Å². The standard InChI is InChI=1S/C19H18N2O3S/c1-21(19-20-15-9-5-6-10-16(15)25-19)18(24)14(12-17(22)23)11-13-7-3-2-4-8-13/h2-10,14H,11-12H2,1H3,(H,22,23)/t14-/m1/s1. The van der Waals surface area contributed by atoms with Gasteiger partial charge in [0, 0.05) is 7.05 Å². The molecule has 0 unspecified atom stereocenters. The van der Waals surface area contributed by atoms with E-state index in [0.717, 1.165) is 15.8 Å². The van der Waals surface area contributed by atoms with Gasteiger partial charge < -0.3 is 5.11 Å². The molecule has 5 nitrogen and oxygen atoms in total. The second kappa shape index (κ2) is 7.44. The second-order valence-corrected chi connectivity index (χ2v) is 6.86. The predicted octanol–water partition coefficient (Wildman–Crippen LogP) is 3.59. The number of aromatic nitrogens is 1. The Kier molecular flexibility index (Phi) is 5.09. The highest BCUT2D eigenvalue weighted by Crippen LogP contribution is 2.29. The first kappa shape index (κ1) is 17.1. The fourth-order valence-electron chi connectivity index (χ4n) is 2.73. The van der Waals surface area contributed by atoms with Crippen molar-refractivity contribution >= 4 is 38.6 Å². The van der Waals surface area contributed by atoms with Crippen LogP contribution in [-0.4, -0.2) is 29.0 Å². The van der Waals surface area contributed by atoms with Gasteiger partial charge in [-0.05, 0) is 24.1 Å². The van der Waals surface area contributed by atoms with Gasteiger partial charge in [0.1, 0.15) is 0 Å². The normalized spacial score (nSPS) is 12.0. The van der Waals surface area contributed by atoms with Crippen LogP contribution < -0.4 is 4.90 Å². The van der Waals surface area contributed by atoms with Crippen molar-refractivity contribution in [2.45, 2.75) is 12.8 Å². The highest BCUT2D eigenvalue weighted by Gasteiger charge is 2.27. The van der Waals surface area contributed by atoms with Gasteiger partial charge in [-0.3, -0.25) is 14.5 Å². The van der Waals surface area contributed by atoms with Crippen LogP contribution in [0.3, 0.4) is 0 Å². The quantitative estimate of drug-likeness (QED) is 0.734. The van der Waals surface area contributed by atoms with Crippen LogP contribution in [0.4, 0.5) is 5.13 Å². The summed E-state index contributed by atoms with van der Waals surface area (Å²) in [5, 5.41) is 9.77. The Balaban J connectivity index is 1.83. The summed E-state index contributed by atoms with van der Waals surface area (Å²) in [4.78, 5) is 30.1. The van der Waals surface area contributed by atoms with Crippen molar-refractivity contribution in [3.63, 3.8) is 0 Å². The van der Waals surface area contributed by atoms with Gasteiger partial charge in [0.15, 0.2) is 5.13 Å². The van der Waals surface area contributed by atoms with Gasteiger partial charge in [0.2, 0.25) is 5.91 Å². The fourth-order valence-corrected chi connectivity index (χ4v) is 3.66. The van der Waals surface area contributed by atoms with Crippen molar-refractivity contribution in [3.8, 4) is 0 Å². The summed E-state index contributed by atoms with van der Waals surface area (Å²) in [6.45, 7) is 0. The van der Waals surface area contributed by atoms with E-state index in [-0.39, 0.29) is 12.3 Å². The van der Waals surface area contributed by atoms with Crippen molar-refractivity contribution < 1.29 is 14.7 Å². The summed E-state index contributed by atoms with van der Waals surface area (Å²) in [6.07, 6.45) is 0.185. The molecule has 1 atom stereocenters. The summed E-state index contributed by atoms with van der Waals surface area (Å²) in [7, 11) is 1.65. The molecular weight excluding hydrogens is 336 g/mol. The topological polar surface area (TPSA) is 70.5 Å². The SMILES string of the molecule is CN(C(=O)[C@@H](CC(=O)O)Cc1ccccc1)c1nc2ccccc2s1. The van der Waals surface area contributed by atoms with Crippen LogP contribution in [-0.2, 0) is 16.0 Å². The summed E-state index contributed by atoms with van der Waals surface area (Å²) in [5.74, 6) is -1.84. The van der Waals surface area contributed by atoms with E-state index in [1.165, 1.54) is 16.2 Å². The van der Waals surface area contributed by atoms with Crippen LogP contribution in [0.2, 0.25) is 0 Å². The minimum Gasteiger partial charge on any atom is -0.481 e. The number of nitrogens with zero attached hydrogens (tertiary/aromatic N) is 2. The molecule has 1 amide bonds. The zero-order valence-corrected chi connectivity index (χ0v) is 14.6. The van der Waals surface area contributed by atoms with Gasteiger partial charge in [-0.25, -0.2) is 4.98 Å². The Hall–Kier alpha value is -2.73. The number of amides is 1. The third-order valence-electron chi connectivity index (χ3n) is 4.00. The third kappa shape index (κ3) is 4.03. The van der Waals surface area contributed by atoms with Gasteiger partial charge in [0.05, 0.1) is 22.6 Å². The number of fused-ring (bicyclic) bond motifs is 1. The smallest absolute Gasteiger partial charge is 0.304 e. The molecule has 6 heteroatoms. The van der Waals surface area contributed by atoms with Crippen molar-refractivity contribution in [1.82, 2.24) is 4.98 Å². The summed E-state index contributed by atoms with van der Waals surface area (Å²) in [6, 6.07) is 17.1. The van der Waals surface area contributed by atoms with E-state index < -0.39 is 11.9 Å². The number of carboxylic acid groups (broad SMARTS) is 1. The maximum atomic E-state index is 12.9. The third-order valence-corrected chi connectivity index (χ3v) is 5.11. The summed E-state index contributed by atoms with van der Waals surface area (Å²) >= 11 is 1.42. The molecule has 0 fully saturated rings. The lowest BCUT2D eigenvalue weighted by molar-refractivity contribution is -0.140. The van der Waals surface area contributed by atoms with Crippen molar-refractivity contribution in [3.05, 3.63) is 60.2 Å². The molecule has 0 aliphatic rings. The Morgan fingerprint density at radius 3 is 2.48 bits per heavy atom. The van der Waals surface area contributed by atoms with Crippen molar-refractivity contribution in [2.75, 3.05) is 11.9 Å². The van der Waals surface area contributed by atoms with Crippen LogP contribution in [0.25, 0.3) is 10.2 Å². The zero-order valence-electron chi connectivity index (χ0n) is 13.8. The van der Waals surface area contributed by atoms with Crippen LogP contribution in [0, 0.1) is 5.92 Å². The molecule has 25 heavy (non-hydrogen) atoms. The lowest BCUT2D eigenvalue weighted by Crippen LogP contribution is -2.35. The molecule has 0 aliphatic heterocycles. The Bertz CT molecular complexity index is 859. The number of carboxylic acids is 1. The Morgan fingerprint density at radius 2 is 1.80 bits per heavy atom. The van der Waals surface area contributed by atoms with Crippen LogP contribution in [0.5, 0.6) is 0 Å². The van der Waals surface area contributed by atoms with Crippen LogP contribution >= 0.6 is 11.3 Å². The number of aliphatic carboxylic acids is 1. The molecule has 2 aromatic carbocycles. The molecule has 0 saturated heterocycles.